The maximum absolute atomic E-state index is 12.5. The molecule has 0 aliphatic carbocycles. The van der Waals surface area contributed by atoms with Crippen molar-refractivity contribution in [3.05, 3.63) is 60.7 Å². The summed E-state index contributed by atoms with van der Waals surface area (Å²) in [6.07, 6.45) is 0.501. The van der Waals surface area contributed by atoms with Crippen molar-refractivity contribution in [3.63, 3.8) is 0 Å². The molecule has 36 heavy (non-hydrogen) atoms. The topological polar surface area (TPSA) is 131 Å². The minimum absolute atomic E-state index is 0.119. The Hall–Kier alpha value is -4.19. The zero-order valence-electron chi connectivity index (χ0n) is 21.2. The average molecular weight is 494 g/mol. The number of hydrogen-bond donors (Lipinski definition) is 3. The number of carbonyl (C=O) groups is 4. The second-order valence-corrected chi connectivity index (χ2v) is 8.71. The van der Waals surface area contributed by atoms with Crippen LogP contribution in [0.15, 0.2) is 60.7 Å². The lowest BCUT2D eigenvalue weighted by Crippen LogP contribution is -2.37. The van der Waals surface area contributed by atoms with Crippen molar-refractivity contribution >= 4 is 35.5 Å². The monoisotopic (exact) mass is 493 g/mol. The number of nitrogens with zero attached hydrogens (tertiary/aromatic N) is 2. The number of nitriles is 1. The average Bonchev–Trinajstić information content (AvgIpc) is 3.30. The number of benzene rings is 2. The Morgan fingerprint density at radius 2 is 1.47 bits per heavy atom. The van der Waals surface area contributed by atoms with Gasteiger partial charge in [-0.2, -0.15) is 5.26 Å². The molecule has 1 aliphatic rings. The third-order valence-corrected chi connectivity index (χ3v) is 4.67. The van der Waals surface area contributed by atoms with E-state index in [1.165, 1.54) is 4.90 Å². The number of nitrogens with one attached hydrogen (secondary N) is 3. The Morgan fingerprint density at radius 3 is 1.92 bits per heavy atom. The van der Waals surface area contributed by atoms with Crippen molar-refractivity contribution in [1.82, 2.24) is 10.2 Å². The zero-order valence-corrected chi connectivity index (χ0v) is 21.2. The fourth-order valence-corrected chi connectivity index (χ4v) is 3.16. The van der Waals surface area contributed by atoms with Gasteiger partial charge in [-0.3, -0.25) is 19.2 Å². The Bertz CT molecular complexity index is 1000. The first-order valence-electron chi connectivity index (χ1n) is 11.7. The Morgan fingerprint density at radius 1 is 1.00 bits per heavy atom. The van der Waals surface area contributed by atoms with Crippen LogP contribution in [0.1, 0.15) is 33.6 Å². The first-order valence-corrected chi connectivity index (χ1v) is 11.7. The Labute approximate surface area is 212 Å². The van der Waals surface area contributed by atoms with Crippen molar-refractivity contribution in [3.8, 4) is 6.07 Å². The van der Waals surface area contributed by atoms with Crippen molar-refractivity contribution < 1.29 is 19.2 Å². The number of anilines is 2. The number of rotatable bonds is 6. The summed E-state index contributed by atoms with van der Waals surface area (Å²) in [6, 6.07) is 19.2. The van der Waals surface area contributed by atoms with Crippen LogP contribution < -0.4 is 16.0 Å². The van der Waals surface area contributed by atoms with Crippen LogP contribution in [0.4, 0.5) is 11.4 Å². The number of hydrogen-bond acceptors (Lipinski definition) is 5. The summed E-state index contributed by atoms with van der Waals surface area (Å²) in [4.78, 5) is 47.5. The molecule has 2 aromatic carbocycles. The molecule has 9 heteroatoms. The van der Waals surface area contributed by atoms with E-state index in [1.807, 2.05) is 24.3 Å². The summed E-state index contributed by atoms with van der Waals surface area (Å²) in [5.41, 5.74) is 1.26. The molecule has 0 spiro atoms. The zero-order chi connectivity index (χ0) is 26.9. The minimum atomic E-state index is -0.719. The highest BCUT2D eigenvalue weighted by molar-refractivity contribution is 6.04. The van der Waals surface area contributed by atoms with Gasteiger partial charge in [0.2, 0.25) is 24.1 Å². The van der Waals surface area contributed by atoms with Gasteiger partial charge in [0.1, 0.15) is 12.5 Å². The second kappa shape index (κ2) is 16.4. The quantitative estimate of drug-likeness (QED) is 0.419. The van der Waals surface area contributed by atoms with Crippen LogP contribution >= 0.6 is 0 Å². The molecule has 4 amide bonds. The van der Waals surface area contributed by atoms with Gasteiger partial charge in [-0.25, -0.2) is 0 Å². The summed E-state index contributed by atoms with van der Waals surface area (Å²) in [6.45, 7) is 6.62. The van der Waals surface area contributed by atoms with E-state index in [9.17, 15) is 19.6 Å². The van der Waals surface area contributed by atoms with Gasteiger partial charge in [-0.05, 0) is 36.6 Å². The van der Waals surface area contributed by atoms with Gasteiger partial charge in [0.25, 0.3) is 0 Å². The maximum Gasteiger partial charge on any atom is 0.233 e. The number of carbonyl (C=O) groups excluding carboxylic acids is 4. The lowest BCUT2D eigenvalue weighted by Gasteiger charge is -2.19. The maximum atomic E-state index is 12.5. The van der Waals surface area contributed by atoms with E-state index in [0.29, 0.717) is 17.8 Å². The van der Waals surface area contributed by atoms with E-state index in [1.54, 1.807) is 43.4 Å². The summed E-state index contributed by atoms with van der Waals surface area (Å²) in [7, 11) is 1.56. The predicted molar refractivity (Wildman–Crippen MR) is 140 cm³/mol. The molecule has 0 saturated carbocycles. The Balaban J connectivity index is 0.000000709. The van der Waals surface area contributed by atoms with Gasteiger partial charge < -0.3 is 20.9 Å². The Kier molecular flexibility index (Phi) is 13.6. The molecule has 0 radical (unpaired) electrons. The molecule has 1 heterocycles. The van der Waals surface area contributed by atoms with E-state index in [0.717, 1.165) is 5.92 Å². The largest absolute Gasteiger partial charge is 0.362 e. The highest BCUT2D eigenvalue weighted by Gasteiger charge is 2.39. The van der Waals surface area contributed by atoms with Crippen LogP contribution in [0.2, 0.25) is 0 Å². The SMILES string of the molecule is CC(C)C.CNC=O.N#CC1CC(C(=O)Nc2ccccc2)CN1C(=O)CC(=O)Nc1ccccc1. The molecule has 1 fully saturated rings. The van der Waals surface area contributed by atoms with Gasteiger partial charge in [-0.15, -0.1) is 0 Å². The van der Waals surface area contributed by atoms with Gasteiger partial charge in [0, 0.05) is 25.0 Å². The lowest BCUT2D eigenvalue weighted by atomic mass is 10.1. The highest BCUT2D eigenvalue weighted by atomic mass is 16.2. The fraction of sp³-hybridized carbons (Fsp3) is 0.370. The standard InChI is InChI=1S/C21H20N4O3.C4H10.C2H5NO/c22-13-18-11-15(21(28)24-17-9-5-2-6-10-17)14-25(18)20(27)12-19(26)23-16-7-3-1-4-8-16;1-4(2)3;1-3-2-4/h1-10,15,18H,11-12,14H2,(H,23,26)(H,24,28);4H,1-3H3;2H,1H3,(H,3,4). The first kappa shape index (κ1) is 29.8. The van der Waals surface area contributed by atoms with Gasteiger partial charge in [0.05, 0.1) is 12.0 Å². The summed E-state index contributed by atoms with van der Waals surface area (Å²) >= 11 is 0. The summed E-state index contributed by atoms with van der Waals surface area (Å²) in [5.74, 6) is -0.818. The number of likely N-dealkylation sites (tertiary alicyclic amines) is 1. The minimum Gasteiger partial charge on any atom is -0.362 e. The molecule has 192 valence electrons. The highest BCUT2D eigenvalue weighted by Crippen LogP contribution is 2.25. The van der Waals surface area contributed by atoms with Crippen molar-refractivity contribution in [1.29, 1.82) is 5.26 Å². The summed E-state index contributed by atoms with van der Waals surface area (Å²) in [5, 5.41) is 17.1. The molecule has 3 N–H and O–H groups in total. The van der Waals surface area contributed by atoms with E-state index in [-0.39, 0.29) is 25.3 Å². The summed E-state index contributed by atoms with van der Waals surface area (Å²) < 4.78 is 0. The number of amides is 4. The molecule has 0 aromatic heterocycles. The van der Waals surface area contributed by atoms with Crippen LogP contribution in [-0.4, -0.2) is 48.7 Å². The van der Waals surface area contributed by atoms with Crippen molar-refractivity contribution in [2.45, 2.75) is 39.7 Å². The lowest BCUT2D eigenvalue weighted by molar-refractivity contribution is -0.134. The number of para-hydroxylation sites is 2. The third-order valence-electron chi connectivity index (χ3n) is 4.67. The molecule has 9 nitrogen and oxygen atoms in total. The van der Waals surface area contributed by atoms with E-state index >= 15 is 0 Å². The van der Waals surface area contributed by atoms with Gasteiger partial charge >= 0.3 is 0 Å². The van der Waals surface area contributed by atoms with Crippen LogP contribution in [-0.2, 0) is 19.2 Å². The van der Waals surface area contributed by atoms with E-state index in [4.69, 9.17) is 4.79 Å². The molecule has 1 saturated heterocycles. The molecule has 2 aromatic rings. The third kappa shape index (κ3) is 11.3. The molecule has 2 atom stereocenters. The van der Waals surface area contributed by atoms with Crippen LogP contribution in [0.3, 0.4) is 0 Å². The van der Waals surface area contributed by atoms with Crippen LogP contribution in [0.25, 0.3) is 0 Å². The molecular formula is C27H35N5O4. The van der Waals surface area contributed by atoms with E-state index < -0.39 is 23.8 Å². The van der Waals surface area contributed by atoms with Gasteiger partial charge in [0.15, 0.2) is 0 Å². The normalized spacial score (nSPS) is 15.7. The molecule has 1 aliphatic heterocycles. The van der Waals surface area contributed by atoms with E-state index in [2.05, 4.69) is 42.8 Å². The predicted octanol–water partition coefficient (Wildman–Crippen LogP) is 3.42. The second-order valence-electron chi connectivity index (χ2n) is 8.71. The molecular weight excluding hydrogens is 458 g/mol. The van der Waals surface area contributed by atoms with Crippen molar-refractivity contribution in [2.75, 3.05) is 24.2 Å². The molecule has 3 rings (SSSR count). The van der Waals surface area contributed by atoms with Crippen LogP contribution in [0.5, 0.6) is 0 Å². The smallest absolute Gasteiger partial charge is 0.233 e. The van der Waals surface area contributed by atoms with Crippen LogP contribution in [0, 0.1) is 23.2 Å². The van der Waals surface area contributed by atoms with Gasteiger partial charge in [-0.1, -0.05) is 57.2 Å². The fourth-order valence-electron chi connectivity index (χ4n) is 3.16. The molecule has 0 bridgehead atoms. The molecule has 2 unspecified atom stereocenters. The van der Waals surface area contributed by atoms with Crippen molar-refractivity contribution in [2.24, 2.45) is 11.8 Å². The first-order chi connectivity index (χ1) is 17.2.